The number of hydrogen-bond donors (Lipinski definition) is 0. The summed E-state index contributed by atoms with van der Waals surface area (Å²) in [6.07, 6.45) is 66.9. The van der Waals surface area contributed by atoms with Crippen LogP contribution in [0.1, 0.15) is 319 Å². The SMILES string of the molecule is O=Cc1ccc(N2CCCCCCCCCCCCCCCCCCCCCCCCCCCCCCCCCCCCCCCCCCCCCCCCC3(CC2)OCCO3)c(F)c1. The largest absolute Gasteiger partial charge is 0.369 e. The van der Waals surface area contributed by atoms with Crippen LogP contribution in [-0.2, 0) is 9.47 Å². The normalized spacial score (nSPS) is 23.4. The van der Waals surface area contributed by atoms with Crippen molar-refractivity contribution >= 4 is 12.0 Å². The Bertz CT molecular complexity index is 1180. The number of rotatable bonds is 2. The first-order valence-corrected chi connectivity index (χ1v) is 29.5. The lowest BCUT2D eigenvalue weighted by molar-refractivity contribution is -0.166. The lowest BCUT2D eigenvalue weighted by Gasteiger charge is -2.32. The highest BCUT2D eigenvalue weighted by Crippen LogP contribution is 2.32. The van der Waals surface area contributed by atoms with Crippen LogP contribution < -0.4 is 4.90 Å². The van der Waals surface area contributed by atoms with Crippen molar-refractivity contribution < 1.29 is 18.7 Å². The highest BCUT2D eigenvalue weighted by atomic mass is 19.1. The maximum absolute atomic E-state index is 15.4. The van der Waals surface area contributed by atoms with Crippen LogP contribution in [0, 0.1) is 5.82 Å². The van der Waals surface area contributed by atoms with Gasteiger partial charge in [0.05, 0.1) is 18.9 Å². The molecule has 1 aromatic carbocycles. The smallest absolute Gasteiger partial charge is 0.170 e. The first-order valence-electron chi connectivity index (χ1n) is 29.5. The Labute approximate surface area is 403 Å². The molecule has 378 valence electrons. The van der Waals surface area contributed by atoms with Crippen molar-refractivity contribution in [2.75, 3.05) is 31.2 Å². The van der Waals surface area contributed by atoms with Gasteiger partial charge in [-0.3, -0.25) is 4.79 Å². The van der Waals surface area contributed by atoms with E-state index in [9.17, 15) is 4.79 Å². The second-order valence-electron chi connectivity index (χ2n) is 21.2. The van der Waals surface area contributed by atoms with Gasteiger partial charge in [0.15, 0.2) is 5.79 Å². The minimum Gasteiger partial charge on any atom is -0.369 e. The minimum atomic E-state index is -0.556. The Morgan fingerprint density at radius 2 is 0.646 bits per heavy atom. The van der Waals surface area contributed by atoms with E-state index in [1.807, 2.05) is 0 Å². The maximum atomic E-state index is 15.4. The Hall–Kier alpha value is -1.46. The zero-order valence-corrected chi connectivity index (χ0v) is 43.1. The van der Waals surface area contributed by atoms with Gasteiger partial charge >= 0.3 is 0 Å². The summed E-state index contributed by atoms with van der Waals surface area (Å²) in [6, 6.07) is 4.92. The van der Waals surface area contributed by atoms with Gasteiger partial charge in [0.25, 0.3) is 0 Å². The van der Waals surface area contributed by atoms with Gasteiger partial charge in [-0.25, -0.2) is 4.39 Å². The fourth-order valence-electron chi connectivity index (χ4n) is 10.9. The Balaban J connectivity index is 1.32. The number of aldehydes is 1. The van der Waals surface area contributed by atoms with Crippen LogP contribution in [0.25, 0.3) is 0 Å². The molecule has 0 atom stereocenters. The van der Waals surface area contributed by atoms with Crippen molar-refractivity contribution in [3.8, 4) is 0 Å². The molecule has 0 saturated carbocycles. The van der Waals surface area contributed by atoms with E-state index in [1.54, 1.807) is 12.1 Å². The average Bonchev–Trinajstić information content (AvgIpc) is 3.79. The molecule has 2 aliphatic heterocycles. The average molecular weight is 911 g/mol. The van der Waals surface area contributed by atoms with Crippen LogP contribution in [0.4, 0.5) is 10.1 Å². The predicted molar refractivity (Wildman–Crippen MR) is 280 cm³/mol. The molecule has 0 radical (unpaired) electrons. The van der Waals surface area contributed by atoms with E-state index >= 15 is 4.39 Å². The van der Waals surface area contributed by atoms with Crippen molar-refractivity contribution in [1.82, 2.24) is 0 Å². The first kappa shape index (κ1) is 57.9. The lowest BCUT2D eigenvalue weighted by Crippen LogP contribution is -2.37. The molecule has 0 unspecified atom stereocenters. The molecule has 0 aliphatic carbocycles. The number of ether oxygens (including phenoxy) is 2. The highest BCUT2D eigenvalue weighted by molar-refractivity contribution is 5.76. The predicted octanol–water partition coefficient (Wildman–Crippen LogP) is 19.9. The number of carbonyl (C=O) groups is 1. The number of benzene rings is 1. The molecule has 2 saturated heterocycles. The first-order chi connectivity index (χ1) is 32.2. The van der Waals surface area contributed by atoms with Gasteiger partial charge in [0.2, 0.25) is 0 Å². The lowest BCUT2D eigenvalue weighted by atomic mass is 10.0. The van der Waals surface area contributed by atoms with Crippen molar-refractivity contribution in [2.24, 2.45) is 0 Å². The second kappa shape index (κ2) is 42.6. The van der Waals surface area contributed by atoms with Gasteiger partial charge < -0.3 is 14.4 Å². The fourth-order valence-corrected chi connectivity index (χ4v) is 10.9. The molecule has 2 aliphatic rings. The molecule has 2 fully saturated rings. The molecule has 0 aromatic heterocycles. The summed E-state index contributed by atoms with van der Waals surface area (Å²) in [4.78, 5) is 13.6. The zero-order valence-electron chi connectivity index (χ0n) is 43.1. The molecule has 65 heavy (non-hydrogen) atoms. The van der Waals surface area contributed by atoms with E-state index in [1.165, 1.54) is 289 Å². The van der Waals surface area contributed by atoms with E-state index < -0.39 is 5.79 Å². The zero-order chi connectivity index (χ0) is 45.8. The van der Waals surface area contributed by atoms with Crippen LogP contribution in [0.2, 0.25) is 0 Å². The summed E-state index contributed by atoms with van der Waals surface area (Å²) in [7, 11) is 0. The highest BCUT2D eigenvalue weighted by Gasteiger charge is 2.36. The summed E-state index contributed by atoms with van der Waals surface area (Å²) < 4.78 is 28.0. The summed E-state index contributed by atoms with van der Waals surface area (Å²) in [5.74, 6) is -0.865. The number of anilines is 1. The number of halogens is 1. The molecular weight excluding hydrogens is 802 g/mol. The molecular formula is C60H108FNO3. The van der Waals surface area contributed by atoms with Gasteiger partial charge in [0.1, 0.15) is 12.1 Å². The van der Waals surface area contributed by atoms with Crippen LogP contribution in [0.5, 0.6) is 0 Å². The Morgan fingerprint density at radius 1 is 0.369 bits per heavy atom. The van der Waals surface area contributed by atoms with Crippen LogP contribution >= 0.6 is 0 Å². The molecule has 3 rings (SSSR count). The standard InChI is InChI=1S/C60H108FNO3/c61-58-55-57(56-63)47-48-59(58)62-51-46-44-42-40-38-36-34-32-30-28-26-24-22-20-18-16-14-12-10-8-6-4-2-1-3-5-7-9-11-13-15-17-19-21-23-25-27-29-31-33-35-37-39-41-43-45-49-60(50-52-62)64-53-54-65-60/h47-48,55-56H,1-46,49-54H2. The second-order valence-corrected chi connectivity index (χ2v) is 21.2. The topological polar surface area (TPSA) is 38.8 Å². The molecule has 2 heterocycles. The van der Waals surface area contributed by atoms with Crippen molar-refractivity contribution in [3.63, 3.8) is 0 Å². The minimum absolute atomic E-state index is 0.309. The van der Waals surface area contributed by atoms with E-state index in [0.717, 1.165) is 38.5 Å². The van der Waals surface area contributed by atoms with E-state index in [2.05, 4.69) is 4.90 Å². The van der Waals surface area contributed by atoms with Gasteiger partial charge in [-0.2, -0.15) is 0 Å². The van der Waals surface area contributed by atoms with Gasteiger partial charge in [-0.1, -0.05) is 283 Å². The molecule has 4 nitrogen and oxygen atoms in total. The summed E-state index contributed by atoms with van der Waals surface area (Å²) in [5, 5.41) is 0. The maximum Gasteiger partial charge on any atom is 0.170 e. The van der Waals surface area contributed by atoms with Crippen LogP contribution in [0.15, 0.2) is 18.2 Å². The molecule has 1 spiro atoms. The fraction of sp³-hybridized carbons (Fsp3) is 0.883. The van der Waals surface area contributed by atoms with Gasteiger partial charge in [-0.05, 0) is 31.0 Å². The Kier molecular flexibility index (Phi) is 37.9. The van der Waals surface area contributed by atoms with Crippen molar-refractivity contribution in [2.45, 2.75) is 314 Å². The third kappa shape index (κ3) is 32.1. The van der Waals surface area contributed by atoms with Crippen LogP contribution in [0.3, 0.4) is 0 Å². The van der Waals surface area contributed by atoms with Crippen LogP contribution in [-0.4, -0.2) is 38.4 Å². The number of hydrogen-bond acceptors (Lipinski definition) is 4. The number of nitrogens with zero attached hydrogens (tertiary/aromatic N) is 1. The molecule has 0 N–H and O–H groups in total. The van der Waals surface area contributed by atoms with Gasteiger partial charge in [0, 0.05) is 31.5 Å². The summed E-state index contributed by atoms with van der Waals surface area (Å²) in [5.41, 5.74) is 0.985. The third-order valence-electron chi connectivity index (χ3n) is 15.3. The quantitative estimate of drug-likeness (QED) is 0.277. The molecule has 5 heteroatoms. The molecule has 0 amide bonds. The summed E-state index contributed by atoms with van der Waals surface area (Å²) >= 11 is 0. The monoisotopic (exact) mass is 910 g/mol. The third-order valence-corrected chi connectivity index (χ3v) is 15.3. The molecule has 0 bridgehead atoms. The van der Waals surface area contributed by atoms with Crippen molar-refractivity contribution in [3.05, 3.63) is 29.6 Å². The van der Waals surface area contributed by atoms with Gasteiger partial charge in [-0.15, -0.1) is 0 Å². The summed E-state index contributed by atoms with van der Waals surface area (Å²) in [6.45, 7) is 2.79. The van der Waals surface area contributed by atoms with Crippen molar-refractivity contribution in [1.29, 1.82) is 0 Å². The van der Waals surface area contributed by atoms with E-state index in [-0.39, 0.29) is 5.82 Å². The number of carbonyl (C=O) groups excluding carboxylic acids is 1. The van der Waals surface area contributed by atoms with E-state index in [4.69, 9.17) is 9.47 Å². The van der Waals surface area contributed by atoms with E-state index in [0.29, 0.717) is 31.0 Å². The molecule has 1 aromatic rings. The Morgan fingerprint density at radius 3 is 0.923 bits per heavy atom.